The van der Waals surface area contributed by atoms with Crippen LogP contribution < -0.4 is 20.1 Å². The van der Waals surface area contributed by atoms with Crippen molar-refractivity contribution >= 4 is 27.5 Å². The van der Waals surface area contributed by atoms with E-state index in [0.29, 0.717) is 30.7 Å². The van der Waals surface area contributed by atoms with Crippen LogP contribution in [0.5, 0.6) is 5.75 Å². The second kappa shape index (κ2) is 10.1. The molecule has 2 aromatic rings. The van der Waals surface area contributed by atoms with Crippen molar-refractivity contribution in [2.45, 2.75) is 50.6 Å². The molecule has 1 aliphatic rings. The Hall–Kier alpha value is -2.91. The quantitative estimate of drug-likeness (QED) is 0.562. The number of carbonyl (C=O) groups is 2. The molecule has 32 heavy (non-hydrogen) atoms. The molecule has 0 spiro atoms. The van der Waals surface area contributed by atoms with E-state index in [-0.39, 0.29) is 23.3 Å². The zero-order chi connectivity index (χ0) is 23.3. The molecule has 0 fully saturated rings. The first-order chi connectivity index (χ1) is 15.2. The highest BCUT2D eigenvalue weighted by molar-refractivity contribution is 7.89. The number of amides is 2. The fourth-order valence-electron chi connectivity index (χ4n) is 3.49. The third-order valence-corrected chi connectivity index (χ3v) is 6.81. The number of benzene rings is 2. The summed E-state index contributed by atoms with van der Waals surface area (Å²) in [5.41, 5.74) is 2.27. The van der Waals surface area contributed by atoms with E-state index >= 15 is 0 Å². The van der Waals surface area contributed by atoms with Gasteiger partial charge < -0.3 is 15.4 Å². The van der Waals surface area contributed by atoms with Crippen molar-refractivity contribution in [3.05, 3.63) is 53.6 Å². The van der Waals surface area contributed by atoms with Gasteiger partial charge in [0.1, 0.15) is 11.8 Å². The summed E-state index contributed by atoms with van der Waals surface area (Å²) >= 11 is 0. The molecule has 0 saturated heterocycles. The Balaban J connectivity index is 1.72. The summed E-state index contributed by atoms with van der Waals surface area (Å²) in [4.78, 5) is 24.6. The second-order valence-corrected chi connectivity index (χ2v) is 9.84. The number of anilines is 1. The molecule has 9 heteroatoms. The molecule has 3 N–H and O–H groups in total. The summed E-state index contributed by atoms with van der Waals surface area (Å²) < 4.78 is 33.8. The van der Waals surface area contributed by atoms with E-state index in [2.05, 4.69) is 15.4 Å². The van der Waals surface area contributed by atoms with Gasteiger partial charge in [0.05, 0.1) is 12.0 Å². The third kappa shape index (κ3) is 5.86. The zero-order valence-electron chi connectivity index (χ0n) is 18.5. The molecule has 2 aromatic carbocycles. The third-order valence-electron chi connectivity index (χ3n) is 5.37. The maximum absolute atomic E-state index is 13.0. The van der Waals surface area contributed by atoms with Crippen molar-refractivity contribution in [2.75, 3.05) is 12.4 Å². The molecule has 0 radical (unpaired) electrons. The Labute approximate surface area is 188 Å². The van der Waals surface area contributed by atoms with E-state index in [4.69, 9.17) is 4.74 Å². The number of hydrogen-bond acceptors (Lipinski definition) is 5. The SMILES string of the molecule is COc1ccc(CNC(=O)C(NS(=O)(=O)c2ccc3c(c2)CCCC(=O)N3)C(C)C)cc1. The van der Waals surface area contributed by atoms with Gasteiger partial charge in [-0.2, -0.15) is 4.72 Å². The van der Waals surface area contributed by atoms with Crippen LogP contribution in [0.15, 0.2) is 47.4 Å². The molecule has 172 valence electrons. The first kappa shape index (κ1) is 23.7. The minimum absolute atomic E-state index is 0.0704. The van der Waals surface area contributed by atoms with Gasteiger partial charge in [0.15, 0.2) is 0 Å². The number of carbonyl (C=O) groups excluding carboxylic acids is 2. The first-order valence-corrected chi connectivity index (χ1v) is 12.0. The van der Waals surface area contributed by atoms with E-state index in [0.717, 1.165) is 11.1 Å². The van der Waals surface area contributed by atoms with Crippen molar-refractivity contribution in [1.29, 1.82) is 0 Å². The van der Waals surface area contributed by atoms with E-state index < -0.39 is 22.0 Å². The summed E-state index contributed by atoms with van der Waals surface area (Å²) in [6, 6.07) is 10.9. The van der Waals surface area contributed by atoms with Gasteiger partial charge >= 0.3 is 0 Å². The van der Waals surface area contributed by atoms with Crippen molar-refractivity contribution < 1.29 is 22.7 Å². The highest BCUT2D eigenvalue weighted by Crippen LogP contribution is 2.25. The monoisotopic (exact) mass is 459 g/mol. The molecule has 1 aliphatic heterocycles. The van der Waals surface area contributed by atoms with Gasteiger partial charge in [0, 0.05) is 18.7 Å². The fraction of sp³-hybridized carbons (Fsp3) is 0.391. The van der Waals surface area contributed by atoms with Crippen molar-refractivity contribution in [1.82, 2.24) is 10.0 Å². The molecule has 8 nitrogen and oxygen atoms in total. The summed E-state index contributed by atoms with van der Waals surface area (Å²) in [6.45, 7) is 3.84. The maximum atomic E-state index is 13.0. The van der Waals surface area contributed by atoms with Gasteiger partial charge in [-0.1, -0.05) is 26.0 Å². The van der Waals surface area contributed by atoms with E-state index in [1.165, 1.54) is 6.07 Å². The predicted molar refractivity (Wildman–Crippen MR) is 122 cm³/mol. The van der Waals surface area contributed by atoms with Crippen LogP contribution in [0.2, 0.25) is 0 Å². The molecule has 0 bridgehead atoms. The Bertz CT molecular complexity index is 1080. The standard InChI is InChI=1S/C23H29N3O5S/c1-15(2)22(23(28)24-14-16-7-9-18(31-3)10-8-16)26-32(29,30)19-11-12-20-17(13-19)5-4-6-21(27)25-20/h7-13,15,22,26H,4-6,14H2,1-3H3,(H,24,28)(H,25,27). The Morgan fingerprint density at radius 3 is 2.50 bits per heavy atom. The van der Waals surface area contributed by atoms with Crippen LogP contribution in [0, 0.1) is 5.92 Å². The summed E-state index contributed by atoms with van der Waals surface area (Å²) in [7, 11) is -2.36. The number of fused-ring (bicyclic) bond motifs is 1. The lowest BCUT2D eigenvalue weighted by Gasteiger charge is -2.22. The number of hydrogen-bond donors (Lipinski definition) is 3. The topological polar surface area (TPSA) is 114 Å². The van der Waals surface area contributed by atoms with E-state index in [1.807, 2.05) is 12.1 Å². The molecular weight excluding hydrogens is 430 g/mol. The minimum Gasteiger partial charge on any atom is -0.497 e. The van der Waals surface area contributed by atoms with Crippen LogP contribution in [0.3, 0.4) is 0 Å². The van der Waals surface area contributed by atoms with Crippen molar-refractivity contribution in [2.24, 2.45) is 5.92 Å². The number of methoxy groups -OCH3 is 1. The molecule has 1 atom stereocenters. The highest BCUT2D eigenvalue weighted by Gasteiger charge is 2.29. The molecule has 0 aromatic heterocycles. The Kier molecular flexibility index (Phi) is 7.52. The fourth-order valence-corrected chi connectivity index (χ4v) is 4.88. The smallest absolute Gasteiger partial charge is 0.241 e. The minimum atomic E-state index is -3.94. The Morgan fingerprint density at radius 1 is 1.12 bits per heavy atom. The molecule has 1 unspecified atom stereocenters. The van der Waals surface area contributed by atoms with Gasteiger partial charge in [-0.15, -0.1) is 0 Å². The van der Waals surface area contributed by atoms with E-state index in [1.54, 1.807) is 45.2 Å². The summed E-state index contributed by atoms with van der Waals surface area (Å²) in [6.07, 6.45) is 1.66. The zero-order valence-corrected chi connectivity index (χ0v) is 19.3. The lowest BCUT2D eigenvalue weighted by Crippen LogP contribution is -2.49. The number of nitrogens with one attached hydrogen (secondary N) is 3. The molecule has 1 heterocycles. The number of rotatable bonds is 8. The van der Waals surface area contributed by atoms with Gasteiger partial charge in [-0.05, 0) is 60.2 Å². The highest BCUT2D eigenvalue weighted by atomic mass is 32.2. The molecular formula is C23H29N3O5S. The van der Waals surface area contributed by atoms with Crippen LogP contribution in [0.25, 0.3) is 0 Å². The van der Waals surface area contributed by atoms with Crippen molar-refractivity contribution in [3.63, 3.8) is 0 Å². The van der Waals surface area contributed by atoms with Crippen LogP contribution >= 0.6 is 0 Å². The molecule has 0 aliphatic carbocycles. The number of sulfonamides is 1. The van der Waals surface area contributed by atoms with Gasteiger partial charge in [0.2, 0.25) is 21.8 Å². The largest absolute Gasteiger partial charge is 0.497 e. The lowest BCUT2D eigenvalue weighted by atomic mass is 10.0. The Morgan fingerprint density at radius 2 is 1.84 bits per heavy atom. The normalized spacial score (nSPS) is 14.8. The summed E-state index contributed by atoms with van der Waals surface area (Å²) in [5, 5.41) is 5.59. The molecule has 2 amide bonds. The van der Waals surface area contributed by atoms with Crippen LogP contribution in [-0.2, 0) is 32.6 Å². The first-order valence-electron chi connectivity index (χ1n) is 10.6. The van der Waals surface area contributed by atoms with Crippen LogP contribution in [0.1, 0.15) is 37.8 Å². The van der Waals surface area contributed by atoms with Gasteiger partial charge in [-0.3, -0.25) is 9.59 Å². The number of aryl methyl sites for hydroxylation is 1. The van der Waals surface area contributed by atoms with Crippen molar-refractivity contribution in [3.8, 4) is 5.75 Å². The average molecular weight is 460 g/mol. The maximum Gasteiger partial charge on any atom is 0.241 e. The predicted octanol–water partition coefficient (Wildman–Crippen LogP) is 2.59. The lowest BCUT2D eigenvalue weighted by molar-refractivity contribution is -0.123. The number of ether oxygens (including phenoxy) is 1. The van der Waals surface area contributed by atoms with E-state index in [9.17, 15) is 18.0 Å². The van der Waals surface area contributed by atoms with Gasteiger partial charge in [0.25, 0.3) is 0 Å². The summed E-state index contributed by atoms with van der Waals surface area (Å²) in [5.74, 6) is -0.0266. The molecule has 0 saturated carbocycles. The molecule has 3 rings (SSSR count). The average Bonchev–Trinajstić information content (AvgIpc) is 2.95. The van der Waals surface area contributed by atoms with Crippen LogP contribution in [-0.4, -0.2) is 33.4 Å². The van der Waals surface area contributed by atoms with Gasteiger partial charge in [-0.25, -0.2) is 8.42 Å². The van der Waals surface area contributed by atoms with Crippen LogP contribution in [0.4, 0.5) is 5.69 Å². The second-order valence-electron chi connectivity index (χ2n) is 8.13.